The van der Waals surface area contributed by atoms with Gasteiger partial charge in [0.1, 0.15) is 16.8 Å². The van der Waals surface area contributed by atoms with E-state index in [1.54, 1.807) is 6.26 Å². The predicted molar refractivity (Wildman–Crippen MR) is 112 cm³/mol. The number of nitrogens with one attached hydrogen (secondary N) is 1. The molecule has 3 aromatic rings. The monoisotopic (exact) mass is 425 g/mol. The second kappa shape index (κ2) is 9.17. The van der Waals surface area contributed by atoms with Crippen molar-refractivity contribution in [1.82, 2.24) is 20.1 Å². The summed E-state index contributed by atoms with van der Waals surface area (Å²) in [7, 11) is 0. The Balaban J connectivity index is 1.62. The van der Waals surface area contributed by atoms with Crippen LogP contribution in [0.5, 0.6) is 0 Å². The molecule has 156 valence electrons. The van der Waals surface area contributed by atoms with Gasteiger partial charge in [-0.25, -0.2) is 0 Å². The van der Waals surface area contributed by atoms with Crippen molar-refractivity contribution in [2.75, 3.05) is 0 Å². The van der Waals surface area contributed by atoms with Gasteiger partial charge in [-0.05, 0) is 30.5 Å². The van der Waals surface area contributed by atoms with Crippen LogP contribution in [0.15, 0.2) is 58.3 Å². The highest BCUT2D eigenvalue weighted by Crippen LogP contribution is 2.36. The molecular weight excluding hydrogens is 402 g/mol. The zero-order valence-corrected chi connectivity index (χ0v) is 17.2. The number of hydrogen-bond acceptors (Lipinski definition) is 6. The van der Waals surface area contributed by atoms with Gasteiger partial charge < -0.3 is 15.5 Å². The van der Waals surface area contributed by atoms with E-state index in [9.17, 15) is 9.59 Å². The van der Waals surface area contributed by atoms with Crippen LogP contribution in [0.4, 0.5) is 0 Å². The Kier molecular flexibility index (Phi) is 6.18. The minimum atomic E-state index is -0.463. The number of furan rings is 1. The average Bonchev–Trinajstić information content (AvgIpc) is 3.25. The molecule has 0 radical (unpaired) electrons. The molecule has 2 aromatic heterocycles. The van der Waals surface area contributed by atoms with Crippen molar-refractivity contribution in [2.45, 2.75) is 48.7 Å². The first-order chi connectivity index (χ1) is 14.6. The minimum absolute atomic E-state index is 0.0417. The van der Waals surface area contributed by atoms with Crippen molar-refractivity contribution in [2.24, 2.45) is 5.73 Å². The Morgan fingerprint density at radius 2 is 2.00 bits per heavy atom. The Morgan fingerprint density at radius 1 is 1.20 bits per heavy atom. The zero-order chi connectivity index (χ0) is 20.9. The van der Waals surface area contributed by atoms with E-state index < -0.39 is 11.2 Å². The van der Waals surface area contributed by atoms with Crippen molar-refractivity contribution >= 4 is 23.6 Å². The molecule has 1 aliphatic rings. The van der Waals surface area contributed by atoms with Crippen LogP contribution >= 0.6 is 11.8 Å². The molecule has 2 amide bonds. The van der Waals surface area contributed by atoms with Crippen molar-refractivity contribution in [1.29, 1.82) is 0 Å². The van der Waals surface area contributed by atoms with E-state index in [2.05, 4.69) is 15.5 Å². The van der Waals surface area contributed by atoms with E-state index in [4.69, 9.17) is 10.2 Å². The van der Waals surface area contributed by atoms with Gasteiger partial charge in [0.05, 0.1) is 12.8 Å². The highest BCUT2D eigenvalue weighted by molar-refractivity contribution is 8.00. The first-order valence-electron chi connectivity index (χ1n) is 9.85. The molecule has 9 heteroatoms. The van der Waals surface area contributed by atoms with E-state index in [1.807, 2.05) is 47.0 Å². The number of nitrogens with two attached hydrogens (primary N) is 1. The van der Waals surface area contributed by atoms with Gasteiger partial charge in [-0.15, -0.1) is 10.2 Å². The third-order valence-corrected chi connectivity index (χ3v) is 6.00. The molecule has 0 aliphatic heterocycles. The molecule has 1 unspecified atom stereocenters. The van der Waals surface area contributed by atoms with E-state index >= 15 is 0 Å². The maximum absolute atomic E-state index is 13.0. The van der Waals surface area contributed by atoms with E-state index in [-0.39, 0.29) is 18.4 Å². The molecule has 0 saturated heterocycles. The third-order valence-electron chi connectivity index (χ3n) is 4.77. The molecule has 1 saturated carbocycles. The Bertz CT molecular complexity index is 999. The summed E-state index contributed by atoms with van der Waals surface area (Å²) >= 11 is 1.34. The van der Waals surface area contributed by atoms with Gasteiger partial charge in [0, 0.05) is 18.9 Å². The lowest BCUT2D eigenvalue weighted by Gasteiger charge is -2.17. The van der Waals surface area contributed by atoms with Gasteiger partial charge in [0.25, 0.3) is 0 Å². The smallest absolute Gasteiger partial charge is 0.238 e. The van der Waals surface area contributed by atoms with E-state index in [1.165, 1.54) is 11.8 Å². The molecule has 1 atom stereocenters. The molecule has 1 fully saturated rings. The first kappa shape index (κ1) is 20.2. The molecule has 0 bridgehead atoms. The average molecular weight is 426 g/mol. The Morgan fingerprint density at radius 3 is 2.67 bits per heavy atom. The third kappa shape index (κ3) is 5.10. The molecule has 1 aliphatic carbocycles. The maximum Gasteiger partial charge on any atom is 0.238 e. The largest absolute Gasteiger partial charge is 0.467 e. The minimum Gasteiger partial charge on any atom is -0.467 e. The SMILES string of the molecule is NC(=O)CCc1nnc(SC(C(=O)NC2CC2)c2ccccc2)n1Cc1ccco1. The van der Waals surface area contributed by atoms with Gasteiger partial charge in [-0.1, -0.05) is 42.1 Å². The number of aryl methyl sites for hydroxylation is 1. The molecule has 8 nitrogen and oxygen atoms in total. The molecule has 4 rings (SSSR count). The van der Waals surface area contributed by atoms with Gasteiger partial charge in [-0.2, -0.15) is 0 Å². The summed E-state index contributed by atoms with van der Waals surface area (Å²) in [6.07, 6.45) is 4.18. The summed E-state index contributed by atoms with van der Waals surface area (Å²) in [5.41, 5.74) is 6.20. The fraction of sp³-hybridized carbons (Fsp3) is 0.333. The summed E-state index contributed by atoms with van der Waals surface area (Å²) in [6, 6.07) is 13.6. The summed E-state index contributed by atoms with van der Waals surface area (Å²) in [5, 5.41) is 11.8. The summed E-state index contributed by atoms with van der Waals surface area (Å²) in [4.78, 5) is 24.2. The number of carbonyl (C=O) groups is 2. The number of thioether (sulfide) groups is 1. The van der Waals surface area contributed by atoms with E-state index in [0.717, 1.165) is 24.2 Å². The fourth-order valence-electron chi connectivity index (χ4n) is 3.05. The highest BCUT2D eigenvalue weighted by atomic mass is 32.2. The number of rotatable bonds is 10. The van der Waals surface area contributed by atoms with Crippen LogP contribution in [0.3, 0.4) is 0 Å². The standard InChI is InChI=1S/C21H23N5O3S/c22-17(27)10-11-18-24-25-21(26(18)13-16-7-4-12-29-16)30-19(14-5-2-1-3-6-14)20(28)23-15-8-9-15/h1-7,12,15,19H,8-11,13H2,(H2,22,27)(H,23,28). The summed E-state index contributed by atoms with van der Waals surface area (Å²) in [5.74, 6) is 0.917. The van der Waals surface area contributed by atoms with Crippen LogP contribution in [0, 0.1) is 0 Å². The molecule has 2 heterocycles. The number of amides is 2. The van der Waals surface area contributed by atoms with Crippen molar-refractivity contribution in [3.63, 3.8) is 0 Å². The lowest BCUT2D eigenvalue weighted by atomic mass is 10.1. The fourth-order valence-corrected chi connectivity index (χ4v) is 4.12. The van der Waals surface area contributed by atoms with Crippen LogP contribution in [0.25, 0.3) is 0 Å². The quantitative estimate of drug-likeness (QED) is 0.482. The molecular formula is C21H23N5O3S. The van der Waals surface area contributed by atoms with Crippen molar-refractivity contribution in [3.8, 4) is 0 Å². The highest BCUT2D eigenvalue weighted by Gasteiger charge is 2.30. The van der Waals surface area contributed by atoms with Crippen LogP contribution in [0.2, 0.25) is 0 Å². The topological polar surface area (TPSA) is 116 Å². The molecule has 0 spiro atoms. The van der Waals surface area contributed by atoms with E-state index in [0.29, 0.717) is 23.9 Å². The zero-order valence-electron chi connectivity index (χ0n) is 16.4. The van der Waals surface area contributed by atoms with Crippen LogP contribution in [-0.4, -0.2) is 32.6 Å². The summed E-state index contributed by atoms with van der Waals surface area (Å²) < 4.78 is 7.37. The lowest BCUT2D eigenvalue weighted by Crippen LogP contribution is -2.30. The Hall–Kier alpha value is -3.07. The first-order valence-corrected chi connectivity index (χ1v) is 10.7. The normalized spacial score (nSPS) is 14.4. The number of primary amides is 1. The second-order valence-corrected chi connectivity index (χ2v) is 8.29. The van der Waals surface area contributed by atoms with Crippen LogP contribution in [0.1, 0.15) is 41.7 Å². The Labute approximate surface area is 178 Å². The number of hydrogen-bond donors (Lipinski definition) is 2. The van der Waals surface area contributed by atoms with Crippen LogP contribution in [-0.2, 0) is 22.6 Å². The van der Waals surface area contributed by atoms with Crippen LogP contribution < -0.4 is 11.1 Å². The van der Waals surface area contributed by atoms with Gasteiger partial charge >= 0.3 is 0 Å². The van der Waals surface area contributed by atoms with Crippen molar-refractivity contribution < 1.29 is 14.0 Å². The maximum atomic E-state index is 13.0. The van der Waals surface area contributed by atoms with Gasteiger partial charge in [-0.3, -0.25) is 14.2 Å². The molecule has 30 heavy (non-hydrogen) atoms. The van der Waals surface area contributed by atoms with Crippen molar-refractivity contribution in [3.05, 3.63) is 65.9 Å². The number of benzene rings is 1. The number of nitrogens with zero attached hydrogens (tertiary/aromatic N) is 3. The second-order valence-electron chi connectivity index (χ2n) is 7.22. The lowest BCUT2D eigenvalue weighted by molar-refractivity contribution is -0.121. The summed E-state index contributed by atoms with van der Waals surface area (Å²) in [6.45, 7) is 0.405. The predicted octanol–water partition coefficient (Wildman–Crippen LogP) is 2.45. The van der Waals surface area contributed by atoms with Gasteiger partial charge in [0.2, 0.25) is 11.8 Å². The number of aromatic nitrogens is 3. The number of carbonyl (C=O) groups excluding carboxylic acids is 2. The molecule has 3 N–H and O–H groups in total. The van der Waals surface area contributed by atoms with Gasteiger partial charge in [0.15, 0.2) is 5.16 Å². The molecule has 1 aromatic carbocycles.